The van der Waals surface area contributed by atoms with Crippen LogP contribution in [-0.2, 0) is 11.8 Å². The Morgan fingerprint density at radius 1 is 1.05 bits per heavy atom. The normalized spacial score (nSPS) is 14.1. The topological polar surface area (TPSA) is 26.0 Å². The summed E-state index contributed by atoms with van der Waals surface area (Å²) in [5.74, 6) is -0.177. The van der Waals surface area contributed by atoms with Crippen LogP contribution in [0.25, 0.3) is 0 Å². The quantitative estimate of drug-likeness (QED) is 0.890. The van der Waals surface area contributed by atoms with Crippen LogP contribution < -0.4 is 5.73 Å². The van der Waals surface area contributed by atoms with Gasteiger partial charge in [-0.25, -0.2) is 4.39 Å². The maximum Gasteiger partial charge on any atom is 0.127 e. The number of rotatable bonds is 4. The van der Waals surface area contributed by atoms with Crippen molar-refractivity contribution in [3.8, 4) is 0 Å². The average Bonchev–Trinajstić information content (AvgIpc) is 2.42. The second-order valence-electron chi connectivity index (χ2n) is 5.35. The Labute approximate surface area is 114 Å². The minimum atomic E-state index is -0.378. The van der Waals surface area contributed by atoms with Gasteiger partial charge in [-0.3, -0.25) is 0 Å². The van der Waals surface area contributed by atoms with Crippen molar-refractivity contribution in [2.45, 2.75) is 25.7 Å². The first-order valence-corrected chi connectivity index (χ1v) is 6.56. The summed E-state index contributed by atoms with van der Waals surface area (Å²) in [4.78, 5) is 0. The highest BCUT2D eigenvalue weighted by Gasteiger charge is 2.28. The molecule has 1 atom stereocenters. The maximum atomic E-state index is 14.0. The van der Waals surface area contributed by atoms with E-state index in [4.69, 9.17) is 5.73 Å². The first-order valence-electron chi connectivity index (χ1n) is 6.56. The molecular formula is C17H20FN. The largest absolute Gasteiger partial charge is 0.330 e. The van der Waals surface area contributed by atoms with Crippen molar-refractivity contribution >= 4 is 0 Å². The van der Waals surface area contributed by atoms with Gasteiger partial charge in [0.25, 0.3) is 0 Å². The minimum Gasteiger partial charge on any atom is -0.330 e. The average molecular weight is 257 g/mol. The minimum absolute atomic E-state index is 0.177. The van der Waals surface area contributed by atoms with Gasteiger partial charge >= 0.3 is 0 Å². The highest BCUT2D eigenvalue weighted by atomic mass is 19.1. The lowest BCUT2D eigenvalue weighted by atomic mass is 9.76. The molecule has 0 bridgehead atoms. The van der Waals surface area contributed by atoms with Gasteiger partial charge < -0.3 is 5.73 Å². The summed E-state index contributed by atoms with van der Waals surface area (Å²) < 4.78 is 14.0. The van der Waals surface area contributed by atoms with E-state index in [1.165, 1.54) is 17.2 Å². The van der Waals surface area contributed by atoms with E-state index in [9.17, 15) is 4.39 Å². The third-order valence-electron chi connectivity index (χ3n) is 3.82. The predicted molar refractivity (Wildman–Crippen MR) is 77.7 cm³/mol. The van der Waals surface area contributed by atoms with Crippen molar-refractivity contribution < 1.29 is 4.39 Å². The lowest BCUT2D eigenvalue weighted by molar-refractivity contribution is 0.449. The molecule has 100 valence electrons. The monoisotopic (exact) mass is 257 g/mol. The van der Waals surface area contributed by atoms with Crippen molar-refractivity contribution in [2.24, 2.45) is 5.73 Å². The third-order valence-corrected chi connectivity index (χ3v) is 3.82. The van der Waals surface area contributed by atoms with E-state index in [2.05, 4.69) is 19.1 Å². The van der Waals surface area contributed by atoms with Gasteiger partial charge in [0.2, 0.25) is 0 Å². The van der Waals surface area contributed by atoms with Gasteiger partial charge in [0.1, 0.15) is 5.82 Å². The molecule has 1 unspecified atom stereocenters. The summed E-state index contributed by atoms with van der Waals surface area (Å²) in [5, 5.41) is 0. The smallest absolute Gasteiger partial charge is 0.127 e. The van der Waals surface area contributed by atoms with Crippen molar-refractivity contribution in [3.63, 3.8) is 0 Å². The molecule has 0 radical (unpaired) electrons. The predicted octanol–water partition coefficient (Wildman–Crippen LogP) is 3.59. The number of hydrogen-bond donors (Lipinski definition) is 1. The second-order valence-corrected chi connectivity index (χ2v) is 5.35. The van der Waals surface area contributed by atoms with E-state index in [1.807, 2.05) is 31.2 Å². The lowest BCUT2D eigenvalue weighted by Crippen LogP contribution is -2.35. The molecule has 0 aromatic heterocycles. The SMILES string of the molecule is Cc1ccccc1CC(C)(CN)c1ccccc1F. The van der Waals surface area contributed by atoms with Crippen LogP contribution in [0.4, 0.5) is 4.39 Å². The van der Waals surface area contributed by atoms with Gasteiger partial charge in [-0.15, -0.1) is 0 Å². The molecule has 0 spiro atoms. The summed E-state index contributed by atoms with van der Waals surface area (Å²) >= 11 is 0. The Morgan fingerprint density at radius 2 is 1.68 bits per heavy atom. The van der Waals surface area contributed by atoms with Crippen molar-refractivity contribution in [1.29, 1.82) is 0 Å². The van der Waals surface area contributed by atoms with Crippen LogP contribution in [0.15, 0.2) is 48.5 Å². The van der Waals surface area contributed by atoms with Crippen LogP contribution in [0, 0.1) is 12.7 Å². The zero-order valence-electron chi connectivity index (χ0n) is 11.5. The van der Waals surface area contributed by atoms with E-state index in [-0.39, 0.29) is 11.2 Å². The van der Waals surface area contributed by atoms with Crippen LogP contribution in [0.3, 0.4) is 0 Å². The van der Waals surface area contributed by atoms with Gasteiger partial charge in [0.05, 0.1) is 0 Å². The highest BCUT2D eigenvalue weighted by molar-refractivity contribution is 5.33. The summed E-state index contributed by atoms with van der Waals surface area (Å²) in [6, 6.07) is 15.1. The van der Waals surface area contributed by atoms with E-state index in [0.717, 1.165) is 6.42 Å². The second kappa shape index (κ2) is 5.54. The zero-order valence-corrected chi connectivity index (χ0v) is 11.5. The third kappa shape index (κ3) is 2.85. The van der Waals surface area contributed by atoms with E-state index in [0.29, 0.717) is 12.1 Å². The number of halogens is 1. The number of hydrogen-bond acceptors (Lipinski definition) is 1. The summed E-state index contributed by atoms with van der Waals surface area (Å²) in [7, 11) is 0. The lowest BCUT2D eigenvalue weighted by Gasteiger charge is -2.30. The molecule has 0 aliphatic carbocycles. The highest BCUT2D eigenvalue weighted by Crippen LogP contribution is 2.30. The van der Waals surface area contributed by atoms with Crippen LogP contribution in [0.1, 0.15) is 23.6 Å². The molecule has 0 saturated heterocycles. The fourth-order valence-electron chi connectivity index (χ4n) is 2.46. The van der Waals surface area contributed by atoms with Gasteiger partial charge in [-0.05, 0) is 36.1 Å². The molecule has 2 aromatic rings. The molecule has 2 aromatic carbocycles. The first-order chi connectivity index (χ1) is 9.07. The van der Waals surface area contributed by atoms with Crippen LogP contribution in [0.5, 0.6) is 0 Å². The van der Waals surface area contributed by atoms with E-state index >= 15 is 0 Å². The molecule has 0 fully saturated rings. The van der Waals surface area contributed by atoms with Gasteiger partial charge in [0, 0.05) is 12.0 Å². The Hall–Kier alpha value is -1.67. The van der Waals surface area contributed by atoms with Crippen LogP contribution in [-0.4, -0.2) is 6.54 Å². The summed E-state index contributed by atoms with van der Waals surface area (Å²) in [6.07, 6.45) is 0.747. The summed E-state index contributed by atoms with van der Waals surface area (Å²) in [5.41, 5.74) is 8.70. The number of benzene rings is 2. The molecule has 2 N–H and O–H groups in total. The fourth-order valence-corrected chi connectivity index (χ4v) is 2.46. The molecule has 2 rings (SSSR count). The fraction of sp³-hybridized carbons (Fsp3) is 0.294. The molecule has 0 amide bonds. The molecule has 0 heterocycles. The molecule has 1 nitrogen and oxygen atoms in total. The van der Waals surface area contributed by atoms with Gasteiger partial charge in [-0.1, -0.05) is 49.4 Å². The molecule has 0 saturated carbocycles. The summed E-state index contributed by atoms with van der Waals surface area (Å²) in [6.45, 7) is 4.52. The molecule has 2 heteroatoms. The Kier molecular flexibility index (Phi) is 4.01. The van der Waals surface area contributed by atoms with Crippen LogP contribution >= 0.6 is 0 Å². The van der Waals surface area contributed by atoms with E-state index < -0.39 is 0 Å². The number of nitrogens with two attached hydrogens (primary N) is 1. The Bertz CT molecular complexity index is 565. The van der Waals surface area contributed by atoms with Gasteiger partial charge in [-0.2, -0.15) is 0 Å². The molecule has 0 aliphatic rings. The van der Waals surface area contributed by atoms with Crippen molar-refractivity contribution in [2.75, 3.05) is 6.54 Å². The van der Waals surface area contributed by atoms with Crippen molar-refractivity contribution in [1.82, 2.24) is 0 Å². The van der Waals surface area contributed by atoms with Crippen molar-refractivity contribution in [3.05, 3.63) is 71.0 Å². The maximum absolute atomic E-state index is 14.0. The molecule has 19 heavy (non-hydrogen) atoms. The van der Waals surface area contributed by atoms with E-state index in [1.54, 1.807) is 6.07 Å². The standard InChI is InChI=1S/C17H20FN/c1-13-7-3-4-8-14(13)11-17(2,12-19)15-9-5-6-10-16(15)18/h3-10H,11-12,19H2,1-2H3. The molecule has 0 aliphatic heterocycles. The van der Waals surface area contributed by atoms with Crippen LogP contribution in [0.2, 0.25) is 0 Å². The first kappa shape index (κ1) is 13.8. The Morgan fingerprint density at radius 3 is 2.32 bits per heavy atom. The van der Waals surface area contributed by atoms with Gasteiger partial charge in [0.15, 0.2) is 0 Å². The Balaban J connectivity index is 2.39. The zero-order chi connectivity index (χ0) is 13.9. The molecular weight excluding hydrogens is 237 g/mol. The number of aryl methyl sites for hydroxylation is 1.